The Morgan fingerprint density at radius 3 is 2.55 bits per heavy atom. The Labute approximate surface area is 129 Å². The summed E-state index contributed by atoms with van der Waals surface area (Å²) in [5, 5.41) is 6.85. The van der Waals surface area contributed by atoms with Crippen LogP contribution < -0.4 is 10.9 Å². The maximum atomic E-state index is 5.91. The Kier molecular flexibility index (Phi) is 3.06. The standard InChI is InChI=1S/C17H21N5/c1-12-3-4-14-15-5-6-19-13(2)17(15)22(16(14)11-12)21-9-7-20(18)8-10-21/h3-6,11H,7-10,18H2,1-2H3. The van der Waals surface area contributed by atoms with Gasteiger partial charge in [0, 0.05) is 43.1 Å². The van der Waals surface area contributed by atoms with Gasteiger partial charge in [-0.25, -0.2) is 5.01 Å². The average Bonchev–Trinajstić information content (AvgIpc) is 2.83. The van der Waals surface area contributed by atoms with Crippen LogP contribution in [0.2, 0.25) is 0 Å². The number of nitrogens with two attached hydrogens (primary N) is 1. The second-order valence-corrected chi connectivity index (χ2v) is 6.11. The first-order valence-electron chi connectivity index (χ1n) is 7.76. The van der Waals surface area contributed by atoms with E-state index in [4.69, 9.17) is 5.84 Å². The lowest BCUT2D eigenvalue weighted by molar-refractivity contribution is 0.249. The van der Waals surface area contributed by atoms with Crippen molar-refractivity contribution in [3.63, 3.8) is 0 Å². The lowest BCUT2D eigenvalue weighted by atomic mass is 10.1. The summed E-state index contributed by atoms with van der Waals surface area (Å²) in [6, 6.07) is 8.79. The molecule has 1 fully saturated rings. The second-order valence-electron chi connectivity index (χ2n) is 6.11. The van der Waals surface area contributed by atoms with Gasteiger partial charge in [0.2, 0.25) is 0 Å². The van der Waals surface area contributed by atoms with Crippen LogP contribution in [0.15, 0.2) is 30.5 Å². The molecule has 22 heavy (non-hydrogen) atoms. The molecule has 0 atom stereocenters. The molecule has 2 N–H and O–H groups in total. The summed E-state index contributed by atoms with van der Waals surface area (Å²) in [5.74, 6) is 5.91. The third-order valence-electron chi connectivity index (χ3n) is 4.56. The van der Waals surface area contributed by atoms with Crippen molar-refractivity contribution < 1.29 is 0 Å². The van der Waals surface area contributed by atoms with E-state index in [-0.39, 0.29) is 0 Å². The SMILES string of the molecule is Cc1ccc2c3ccnc(C)c3n(N3CCN(N)CC3)c2c1. The molecule has 1 saturated heterocycles. The fraction of sp³-hybridized carbons (Fsp3) is 0.353. The number of hydrazine groups is 1. The minimum Gasteiger partial charge on any atom is -0.309 e. The third-order valence-corrected chi connectivity index (χ3v) is 4.56. The first kappa shape index (κ1) is 13.5. The Bertz CT molecular complexity index is 843. The number of aryl methyl sites for hydroxylation is 2. The van der Waals surface area contributed by atoms with Crippen LogP contribution in [0.3, 0.4) is 0 Å². The van der Waals surface area contributed by atoms with E-state index in [9.17, 15) is 0 Å². The minimum absolute atomic E-state index is 0.881. The number of hydrogen-bond acceptors (Lipinski definition) is 4. The van der Waals surface area contributed by atoms with Gasteiger partial charge >= 0.3 is 0 Å². The van der Waals surface area contributed by atoms with Gasteiger partial charge in [-0.15, -0.1) is 0 Å². The summed E-state index contributed by atoms with van der Waals surface area (Å²) < 4.78 is 2.35. The first-order valence-corrected chi connectivity index (χ1v) is 7.76. The van der Waals surface area contributed by atoms with Gasteiger partial charge in [-0.3, -0.25) is 15.5 Å². The van der Waals surface area contributed by atoms with Crippen LogP contribution in [0.4, 0.5) is 0 Å². The number of hydrogen-bond donors (Lipinski definition) is 1. The van der Waals surface area contributed by atoms with Gasteiger partial charge in [0.25, 0.3) is 0 Å². The zero-order valence-corrected chi connectivity index (χ0v) is 13.1. The molecule has 1 aliphatic heterocycles. The van der Waals surface area contributed by atoms with Crippen LogP contribution in [0.25, 0.3) is 21.8 Å². The summed E-state index contributed by atoms with van der Waals surface area (Å²) in [5.41, 5.74) is 4.83. The van der Waals surface area contributed by atoms with Crippen molar-refractivity contribution in [2.75, 3.05) is 31.2 Å². The van der Waals surface area contributed by atoms with Gasteiger partial charge in [-0.2, -0.15) is 0 Å². The van der Waals surface area contributed by atoms with Gasteiger partial charge in [-0.1, -0.05) is 12.1 Å². The van der Waals surface area contributed by atoms with E-state index in [1.807, 2.05) is 11.2 Å². The van der Waals surface area contributed by atoms with Crippen LogP contribution in [0.1, 0.15) is 11.3 Å². The number of aromatic nitrogens is 2. The molecule has 0 amide bonds. The summed E-state index contributed by atoms with van der Waals surface area (Å²) in [6.45, 7) is 7.85. The normalized spacial score (nSPS) is 16.8. The van der Waals surface area contributed by atoms with E-state index >= 15 is 0 Å². The molecule has 0 bridgehead atoms. The van der Waals surface area contributed by atoms with E-state index in [0.29, 0.717) is 0 Å². The van der Waals surface area contributed by atoms with E-state index in [1.54, 1.807) is 0 Å². The highest BCUT2D eigenvalue weighted by Gasteiger charge is 2.21. The van der Waals surface area contributed by atoms with Gasteiger partial charge in [-0.05, 0) is 31.5 Å². The summed E-state index contributed by atoms with van der Waals surface area (Å²) in [4.78, 5) is 4.51. The molecule has 3 aromatic rings. The predicted octanol–water partition coefficient (Wildman–Crippen LogP) is 1.93. The van der Waals surface area contributed by atoms with Gasteiger partial charge in [0.15, 0.2) is 0 Å². The van der Waals surface area contributed by atoms with E-state index in [1.165, 1.54) is 27.4 Å². The Morgan fingerprint density at radius 2 is 1.77 bits per heavy atom. The van der Waals surface area contributed by atoms with Gasteiger partial charge < -0.3 is 5.01 Å². The fourth-order valence-electron chi connectivity index (χ4n) is 3.41. The lowest BCUT2D eigenvalue weighted by Gasteiger charge is -2.35. The van der Waals surface area contributed by atoms with Crippen molar-refractivity contribution in [1.29, 1.82) is 0 Å². The zero-order valence-electron chi connectivity index (χ0n) is 13.1. The average molecular weight is 295 g/mol. The van der Waals surface area contributed by atoms with Gasteiger partial charge in [0.1, 0.15) is 0 Å². The van der Waals surface area contributed by atoms with Crippen molar-refractivity contribution in [2.24, 2.45) is 5.84 Å². The maximum absolute atomic E-state index is 5.91. The fourth-order valence-corrected chi connectivity index (χ4v) is 3.41. The van der Waals surface area contributed by atoms with Crippen molar-refractivity contribution in [1.82, 2.24) is 14.7 Å². The number of rotatable bonds is 1. The van der Waals surface area contributed by atoms with E-state index in [2.05, 4.69) is 52.8 Å². The monoisotopic (exact) mass is 295 g/mol. The Balaban J connectivity index is 2.02. The largest absolute Gasteiger partial charge is 0.309 e. The molecule has 0 saturated carbocycles. The van der Waals surface area contributed by atoms with Crippen LogP contribution in [-0.2, 0) is 0 Å². The number of pyridine rings is 1. The van der Waals surface area contributed by atoms with E-state index in [0.717, 1.165) is 31.9 Å². The summed E-state index contributed by atoms with van der Waals surface area (Å²) >= 11 is 0. The van der Waals surface area contributed by atoms with Crippen LogP contribution in [0, 0.1) is 13.8 Å². The second kappa shape index (κ2) is 4.97. The first-order chi connectivity index (χ1) is 10.6. The summed E-state index contributed by atoms with van der Waals surface area (Å²) in [6.07, 6.45) is 1.90. The smallest absolute Gasteiger partial charge is 0.0920 e. The molecule has 0 unspecified atom stereocenters. The molecular weight excluding hydrogens is 274 g/mol. The molecule has 3 heterocycles. The summed E-state index contributed by atoms with van der Waals surface area (Å²) in [7, 11) is 0. The molecule has 0 aliphatic carbocycles. The quantitative estimate of drug-likeness (QED) is 0.697. The highest BCUT2D eigenvalue weighted by Crippen LogP contribution is 2.31. The van der Waals surface area contributed by atoms with Crippen molar-refractivity contribution in [3.05, 3.63) is 41.7 Å². The minimum atomic E-state index is 0.881. The van der Waals surface area contributed by atoms with Crippen LogP contribution in [0.5, 0.6) is 0 Å². The van der Waals surface area contributed by atoms with Gasteiger partial charge in [0.05, 0.1) is 16.7 Å². The molecule has 5 nitrogen and oxygen atoms in total. The Morgan fingerprint density at radius 1 is 1.00 bits per heavy atom. The number of fused-ring (bicyclic) bond motifs is 3. The number of nitrogens with zero attached hydrogens (tertiary/aromatic N) is 4. The molecule has 0 spiro atoms. The highest BCUT2D eigenvalue weighted by atomic mass is 15.6. The number of piperazine rings is 1. The van der Waals surface area contributed by atoms with Crippen molar-refractivity contribution in [3.8, 4) is 0 Å². The molecule has 114 valence electrons. The molecule has 2 aromatic heterocycles. The van der Waals surface area contributed by atoms with E-state index < -0.39 is 0 Å². The molecule has 5 heteroatoms. The Hall–Kier alpha value is -2.11. The van der Waals surface area contributed by atoms with Crippen LogP contribution >= 0.6 is 0 Å². The lowest BCUT2D eigenvalue weighted by Crippen LogP contribution is -2.53. The van der Waals surface area contributed by atoms with Crippen molar-refractivity contribution >= 4 is 21.8 Å². The van der Waals surface area contributed by atoms with Crippen molar-refractivity contribution in [2.45, 2.75) is 13.8 Å². The maximum Gasteiger partial charge on any atom is 0.0920 e. The molecule has 4 rings (SSSR count). The molecular formula is C17H21N5. The predicted molar refractivity (Wildman–Crippen MR) is 90.4 cm³/mol. The highest BCUT2D eigenvalue weighted by molar-refractivity contribution is 6.09. The molecule has 1 aliphatic rings. The third kappa shape index (κ3) is 1.97. The zero-order chi connectivity index (χ0) is 15.3. The molecule has 1 aromatic carbocycles. The number of benzene rings is 1. The topological polar surface area (TPSA) is 50.3 Å². The molecule has 0 radical (unpaired) electrons. The van der Waals surface area contributed by atoms with Crippen LogP contribution in [-0.4, -0.2) is 40.8 Å².